The van der Waals surface area contributed by atoms with Gasteiger partial charge in [0.1, 0.15) is 17.4 Å². The van der Waals surface area contributed by atoms with Crippen LogP contribution in [0.5, 0.6) is 0 Å². The number of rotatable bonds is 11. The Balaban J connectivity index is -0.00000137. The Labute approximate surface area is 720 Å². The van der Waals surface area contributed by atoms with Crippen molar-refractivity contribution in [3.05, 3.63) is 230 Å². The molecule has 0 aliphatic heterocycles. The number of ketones is 1. The summed E-state index contributed by atoms with van der Waals surface area (Å²) in [4.78, 5) is 83.4. The molecule has 7 N–H and O–H groups in total. The van der Waals surface area contributed by atoms with E-state index in [1.807, 2.05) is 26.1 Å². The average molecular weight is 1840 g/mol. The third-order valence-electron chi connectivity index (χ3n) is 14.4. The second-order valence-corrected chi connectivity index (χ2v) is 30.1. The number of hydrogen-bond acceptors (Lipinski definition) is 22. The second kappa shape index (κ2) is 54.2. The van der Waals surface area contributed by atoms with Crippen LogP contribution in [0.3, 0.4) is 0 Å². The number of aromatic nitrogens is 10. The number of hydrazine groups is 1. The number of pyridine rings is 2. The summed E-state index contributed by atoms with van der Waals surface area (Å²) in [5.41, 5.74) is 13.1. The topological polar surface area (TPSA) is 398 Å². The molecule has 0 aliphatic carbocycles. The average Bonchev–Trinajstić information content (AvgIpc) is 1.62. The number of hydrogen-bond donors (Lipinski definition) is 4. The van der Waals surface area contributed by atoms with Gasteiger partial charge < -0.3 is 22.0 Å². The van der Waals surface area contributed by atoms with Gasteiger partial charge in [0.15, 0.2) is 11.3 Å². The molecule has 0 aliphatic rings. The van der Waals surface area contributed by atoms with Crippen molar-refractivity contribution in [2.75, 3.05) is 16.5 Å². The maximum Gasteiger partial charge on any atom is 1.00 e. The standard InChI is InChI=1S/C17H20F3N3.C16H13ClF3N3.C14H9ClF3N3.C11H10F3N3.C7H7F3N2.C4H5NO.4CO2.CH4.Cl3OP.Li.H2O/c1-4-13(5-2)11-21-16-10-12(3)22-23(16)15-8-6-14(7-9-15)17(18,19)20;1-3-10-8-21-15-13(14(10)17)9(2)22-23(15)12-6-4-11(5-7-12)16(18,19)20;1-8-12-11(15)6-7-19-13(12)21(20-8)10-4-2-9(3-5-10)14(16,17)18;1-7-6-10(15)17(16-7)9-4-2-8(3-5-9)11(12,13)14;8-7(9,10)5-1-3-6(12-11)4-2-5;1-4(6)2-3-5;4*2-1-3;;1-5(2,3)4;;/h6-11,21H,4-5H2,1-3H3;4-8H,3H2,1-2H3;2-7H,1H3;2-6H,15H2,1H3;1-4,12H,11H2;2H2,1H3;;;;;1H4;;;1H2/q;;;;;;;;;;;;+1;/p-1. The number of nitrogens with zero attached hydrogens (tertiary/aromatic N) is 11. The van der Waals surface area contributed by atoms with Gasteiger partial charge in [-0.3, -0.25) is 15.2 Å². The minimum absolute atomic E-state index is 0. The number of benzene rings is 5. The number of nitrogen functional groups attached to an aromatic ring is 2. The molecule has 0 fully saturated rings. The van der Waals surface area contributed by atoms with Crippen molar-refractivity contribution in [3.8, 4) is 28.8 Å². The number of halogens is 20. The summed E-state index contributed by atoms with van der Waals surface area (Å²) in [6, 6.07) is 30.6. The second-order valence-electron chi connectivity index (χ2n) is 22.7. The number of carbonyl (C=O) groups excluding carboxylic acids is 9. The van der Waals surface area contributed by atoms with Gasteiger partial charge >= 0.3 is 79.5 Å². The van der Waals surface area contributed by atoms with Crippen molar-refractivity contribution in [2.45, 2.75) is 119 Å². The van der Waals surface area contributed by atoms with Gasteiger partial charge in [0.25, 0.3) is 0 Å². The van der Waals surface area contributed by atoms with E-state index in [0.29, 0.717) is 78.1 Å². The molecule has 0 saturated carbocycles. The van der Waals surface area contributed by atoms with E-state index in [1.165, 1.54) is 93.4 Å². The maximum absolute atomic E-state index is 12.7. The predicted molar refractivity (Wildman–Crippen MR) is 414 cm³/mol. The van der Waals surface area contributed by atoms with Gasteiger partial charge in [-0.15, -0.1) is 0 Å². The SMILES string of the molecule is C.CC(=O)CC#N.CCC(=CNc1cc(C)nn1-c1ccc(C(F)(F)F)cc1)CC.CCc1cnc2c(c(C)nn2-c2ccc(C(F)(F)F)cc2)c1Cl.Cc1cc(N)n(-c2ccc(C(F)(F)F)cc2)n1.Cc1nn(-c2ccc(C(F)(F)F)cc2)c2nccc(Cl)c12.NNc1ccc(C(F)(F)F)cc1.O=C=O.O=C=O.O=C=O.O=C=O.O=P(Cl)(Cl)Cl.[Li+].[OH-]. The first-order valence-electron chi connectivity index (χ1n) is 32.6. The van der Waals surface area contributed by atoms with Crippen LogP contribution in [0.4, 0.5) is 83.2 Å². The Hall–Kier alpha value is -11.3. The van der Waals surface area contributed by atoms with E-state index in [2.05, 4.69) is 88.7 Å². The fourth-order valence-corrected chi connectivity index (χ4v) is 9.89. The first kappa shape index (κ1) is 115. The van der Waals surface area contributed by atoms with Crippen LogP contribution in [0.2, 0.25) is 10.0 Å². The van der Waals surface area contributed by atoms with E-state index in [1.54, 1.807) is 49.9 Å². The molecule has 11 aromatic rings. The van der Waals surface area contributed by atoms with E-state index in [-0.39, 0.29) is 68.6 Å². The summed E-state index contributed by atoms with van der Waals surface area (Å²) in [5.74, 6) is 6.02. The van der Waals surface area contributed by atoms with Crippen molar-refractivity contribution in [1.29, 1.82) is 5.26 Å². The normalized spacial score (nSPS) is 10.3. The van der Waals surface area contributed by atoms with Gasteiger partial charge in [0, 0.05) is 36.4 Å². The van der Waals surface area contributed by atoms with Crippen molar-refractivity contribution in [3.63, 3.8) is 0 Å². The largest absolute Gasteiger partial charge is 1.00 e. The Kier molecular flexibility index (Phi) is 51.0. The van der Waals surface area contributed by atoms with Gasteiger partial charge in [-0.1, -0.05) is 57.0 Å². The van der Waals surface area contributed by atoms with E-state index in [9.17, 15) is 75.2 Å². The molecule has 11 rings (SSSR count). The molecule has 5 aromatic carbocycles. The zero-order valence-electron chi connectivity index (χ0n) is 63.9. The summed E-state index contributed by atoms with van der Waals surface area (Å²) in [5, 5.41) is 27.4. The molecule has 0 bridgehead atoms. The first-order valence-corrected chi connectivity index (χ1v) is 37.8. The van der Waals surface area contributed by atoms with Gasteiger partial charge in [0.05, 0.1) is 107 Å². The number of allylic oxidation sites excluding steroid dienone is 1. The molecule has 48 heteroatoms. The van der Waals surface area contributed by atoms with Crippen LogP contribution in [0, 0.1) is 39.0 Å². The summed E-state index contributed by atoms with van der Waals surface area (Å²) < 4.78 is 202. The van der Waals surface area contributed by atoms with Gasteiger partial charge in [0.2, 0.25) is 0 Å². The molecular formula is C74H69Cl5F15LiN15O11P. The number of carbonyl (C=O) groups is 1. The molecule has 122 heavy (non-hydrogen) atoms. The van der Waals surface area contributed by atoms with E-state index >= 15 is 0 Å². The Morgan fingerprint density at radius 2 is 0.828 bits per heavy atom. The van der Waals surface area contributed by atoms with Crippen LogP contribution in [-0.4, -0.2) is 85.0 Å². The number of nitrogens with two attached hydrogens (primary N) is 2. The molecule has 0 unspecified atom stereocenters. The van der Waals surface area contributed by atoms with Crippen LogP contribution >= 0.6 is 62.1 Å². The van der Waals surface area contributed by atoms with E-state index in [0.717, 1.165) is 102 Å². The molecule has 0 radical (unpaired) electrons. The molecule has 6 aromatic heterocycles. The summed E-state index contributed by atoms with van der Waals surface area (Å²) in [7, 11) is 0. The Morgan fingerprint density at radius 1 is 0.516 bits per heavy atom. The van der Waals surface area contributed by atoms with Gasteiger partial charge in [-0.25, -0.2) is 28.7 Å². The van der Waals surface area contributed by atoms with Crippen LogP contribution < -0.4 is 41.2 Å². The monoisotopic (exact) mass is 1840 g/mol. The van der Waals surface area contributed by atoms with Crippen LogP contribution in [0.1, 0.15) is 111 Å². The fraction of sp³-hybridized carbons (Fsp3) is 0.243. The molecular weight excluding hydrogens is 1780 g/mol. The minimum atomic E-state index is -4.36. The van der Waals surface area contributed by atoms with Crippen LogP contribution in [0.15, 0.2) is 164 Å². The fourth-order valence-electron chi connectivity index (χ4n) is 9.21. The van der Waals surface area contributed by atoms with Crippen molar-refractivity contribution >= 4 is 132 Å². The molecule has 6 heterocycles. The minimum Gasteiger partial charge on any atom is -0.870 e. The van der Waals surface area contributed by atoms with Crippen molar-refractivity contribution < 1.29 is 138 Å². The molecule has 0 saturated heterocycles. The van der Waals surface area contributed by atoms with Crippen molar-refractivity contribution in [2.24, 2.45) is 5.84 Å². The number of aryl methyl sites for hydroxylation is 5. The van der Waals surface area contributed by atoms with Crippen LogP contribution in [0.25, 0.3) is 44.8 Å². The summed E-state index contributed by atoms with van der Waals surface area (Å²) >= 11 is 26.3. The molecule has 0 spiro atoms. The maximum atomic E-state index is 12.7. The number of fused-ring (bicyclic) bond motifs is 2. The Morgan fingerprint density at radius 3 is 1.12 bits per heavy atom. The number of alkyl halides is 15. The molecule has 652 valence electrons. The van der Waals surface area contributed by atoms with Crippen LogP contribution in [-0.2, 0) is 85.0 Å². The third kappa shape index (κ3) is 39.1. The zero-order chi connectivity index (χ0) is 91.1. The quantitative estimate of drug-likeness (QED) is 0.0307. The number of nitriles is 1. The smallest absolute Gasteiger partial charge is 0.870 e. The Bertz CT molecular complexity index is 5290. The predicted octanol–water partition coefficient (Wildman–Crippen LogP) is 17.9. The number of nitrogens with one attached hydrogen (secondary N) is 2. The number of Topliss-reactive ketones (excluding diaryl/α,β-unsaturated/α-hetero) is 1. The third-order valence-corrected chi connectivity index (χ3v) is 15.2. The zero-order valence-corrected chi connectivity index (χ0v) is 68.6. The summed E-state index contributed by atoms with van der Waals surface area (Å²) in [6.45, 7) is 14.7. The molecule has 0 amide bonds. The van der Waals surface area contributed by atoms with Gasteiger partial charge in [-0.2, -0.15) is 130 Å². The molecule has 0 atom stereocenters. The van der Waals surface area contributed by atoms with E-state index < -0.39 is 63.9 Å². The first-order chi connectivity index (χ1) is 55.4. The molecule has 26 nitrogen and oxygen atoms in total. The summed E-state index contributed by atoms with van der Waals surface area (Å²) in [6.07, 6.45) is -12.9. The number of anilines is 3. The van der Waals surface area contributed by atoms with E-state index in [4.69, 9.17) is 78.4 Å². The van der Waals surface area contributed by atoms with Crippen molar-refractivity contribution in [1.82, 2.24) is 49.1 Å². The van der Waals surface area contributed by atoms with Gasteiger partial charge in [-0.05, 0) is 221 Å².